The van der Waals surface area contributed by atoms with Gasteiger partial charge >= 0.3 is 11.9 Å². The molecule has 1 atom stereocenters. The van der Waals surface area contributed by atoms with Crippen LogP contribution >= 0.6 is 0 Å². The van der Waals surface area contributed by atoms with Crippen LogP contribution in [0.2, 0.25) is 0 Å². The molecular weight excluding hydrogens is 322 g/mol. The third-order valence-corrected chi connectivity index (χ3v) is 4.17. The highest BCUT2D eigenvalue weighted by Crippen LogP contribution is 2.11. The molecule has 0 aliphatic carbocycles. The van der Waals surface area contributed by atoms with E-state index in [-0.39, 0.29) is 6.42 Å². The SMILES string of the molecule is CC(C)CCCCCCCOCCCC(CNCCC(=O)O)C(=O)O. The van der Waals surface area contributed by atoms with Crippen molar-refractivity contribution in [1.82, 2.24) is 5.32 Å². The second-order valence-electron chi connectivity index (χ2n) is 7.09. The predicted molar refractivity (Wildman–Crippen MR) is 98.8 cm³/mol. The maximum atomic E-state index is 11.2. The first-order valence-electron chi connectivity index (χ1n) is 9.66. The minimum absolute atomic E-state index is 0.00687. The molecule has 6 heteroatoms. The van der Waals surface area contributed by atoms with Crippen molar-refractivity contribution in [2.24, 2.45) is 11.8 Å². The van der Waals surface area contributed by atoms with Crippen molar-refractivity contribution in [2.45, 2.75) is 71.6 Å². The number of unbranched alkanes of at least 4 members (excludes halogenated alkanes) is 4. The Bertz CT molecular complexity index is 347. The highest BCUT2D eigenvalue weighted by Gasteiger charge is 2.16. The molecule has 0 saturated heterocycles. The van der Waals surface area contributed by atoms with Crippen molar-refractivity contribution in [3.8, 4) is 0 Å². The minimum Gasteiger partial charge on any atom is -0.481 e. The molecule has 148 valence electrons. The van der Waals surface area contributed by atoms with E-state index in [1.54, 1.807) is 0 Å². The summed E-state index contributed by atoms with van der Waals surface area (Å²) in [5.74, 6) is -1.42. The lowest BCUT2D eigenvalue weighted by Crippen LogP contribution is -2.30. The number of carboxylic acids is 2. The van der Waals surface area contributed by atoms with Crippen LogP contribution in [-0.2, 0) is 14.3 Å². The smallest absolute Gasteiger partial charge is 0.307 e. The number of hydrogen-bond acceptors (Lipinski definition) is 4. The van der Waals surface area contributed by atoms with Crippen LogP contribution in [0.3, 0.4) is 0 Å². The van der Waals surface area contributed by atoms with Crippen molar-refractivity contribution in [3.05, 3.63) is 0 Å². The third-order valence-electron chi connectivity index (χ3n) is 4.17. The van der Waals surface area contributed by atoms with Gasteiger partial charge in [0.25, 0.3) is 0 Å². The number of rotatable bonds is 18. The van der Waals surface area contributed by atoms with Gasteiger partial charge < -0.3 is 20.3 Å². The summed E-state index contributed by atoms with van der Waals surface area (Å²) >= 11 is 0. The molecule has 25 heavy (non-hydrogen) atoms. The van der Waals surface area contributed by atoms with Crippen molar-refractivity contribution >= 4 is 11.9 Å². The Morgan fingerprint density at radius 3 is 2.20 bits per heavy atom. The molecule has 0 heterocycles. The first-order chi connectivity index (χ1) is 11.9. The standard InChI is InChI=1S/C19H37NO5/c1-16(2)9-6-4-3-5-7-13-25-14-8-10-17(19(23)24)15-20-12-11-18(21)22/h16-17,20H,3-15H2,1-2H3,(H,21,22)(H,23,24). The van der Waals surface area contributed by atoms with E-state index in [2.05, 4.69) is 19.2 Å². The Kier molecular flexibility index (Phi) is 15.6. The number of nitrogens with one attached hydrogen (secondary N) is 1. The highest BCUT2D eigenvalue weighted by molar-refractivity contribution is 5.70. The van der Waals surface area contributed by atoms with Gasteiger partial charge in [0.15, 0.2) is 0 Å². The molecule has 0 fully saturated rings. The number of aliphatic carboxylic acids is 2. The van der Waals surface area contributed by atoms with E-state index in [1.807, 2.05) is 0 Å². The molecule has 0 bridgehead atoms. The summed E-state index contributed by atoms with van der Waals surface area (Å²) in [5, 5.41) is 20.6. The molecular formula is C19H37NO5. The molecule has 0 aliphatic heterocycles. The Hall–Kier alpha value is -1.14. The van der Waals surface area contributed by atoms with E-state index in [4.69, 9.17) is 14.9 Å². The van der Waals surface area contributed by atoms with Crippen molar-refractivity contribution < 1.29 is 24.5 Å². The van der Waals surface area contributed by atoms with Crippen molar-refractivity contribution in [1.29, 1.82) is 0 Å². The summed E-state index contributed by atoms with van der Waals surface area (Å²) in [5.41, 5.74) is 0. The summed E-state index contributed by atoms with van der Waals surface area (Å²) in [4.78, 5) is 21.6. The molecule has 0 amide bonds. The lowest BCUT2D eigenvalue weighted by molar-refractivity contribution is -0.141. The van der Waals surface area contributed by atoms with Crippen LogP contribution in [0.25, 0.3) is 0 Å². The largest absolute Gasteiger partial charge is 0.481 e. The van der Waals surface area contributed by atoms with E-state index in [1.165, 1.54) is 32.1 Å². The summed E-state index contributed by atoms with van der Waals surface area (Å²) in [6.07, 6.45) is 8.72. The normalized spacial score (nSPS) is 12.4. The van der Waals surface area contributed by atoms with E-state index < -0.39 is 17.9 Å². The average molecular weight is 360 g/mol. The van der Waals surface area contributed by atoms with Gasteiger partial charge in [-0.3, -0.25) is 9.59 Å². The topological polar surface area (TPSA) is 95.9 Å². The Balaban J connectivity index is 3.47. The van der Waals surface area contributed by atoms with Gasteiger partial charge in [0, 0.05) is 26.3 Å². The summed E-state index contributed by atoms with van der Waals surface area (Å²) < 4.78 is 5.57. The maximum Gasteiger partial charge on any atom is 0.307 e. The fourth-order valence-corrected chi connectivity index (χ4v) is 2.61. The van der Waals surface area contributed by atoms with Crippen LogP contribution in [0.15, 0.2) is 0 Å². The molecule has 0 aliphatic rings. The fourth-order valence-electron chi connectivity index (χ4n) is 2.61. The Morgan fingerprint density at radius 1 is 0.920 bits per heavy atom. The molecule has 0 spiro atoms. The van der Waals surface area contributed by atoms with Gasteiger partial charge in [-0.25, -0.2) is 0 Å². The molecule has 0 aromatic rings. The van der Waals surface area contributed by atoms with Gasteiger partial charge in [0.1, 0.15) is 0 Å². The lowest BCUT2D eigenvalue weighted by Gasteiger charge is -2.13. The van der Waals surface area contributed by atoms with Crippen LogP contribution in [0.1, 0.15) is 71.6 Å². The number of ether oxygens (including phenoxy) is 1. The van der Waals surface area contributed by atoms with E-state index in [0.717, 1.165) is 18.9 Å². The van der Waals surface area contributed by atoms with Crippen LogP contribution in [0.5, 0.6) is 0 Å². The Labute approximate surface area is 152 Å². The zero-order chi connectivity index (χ0) is 18.9. The second-order valence-corrected chi connectivity index (χ2v) is 7.09. The molecule has 0 rings (SSSR count). The second kappa shape index (κ2) is 16.3. The first kappa shape index (κ1) is 23.9. The number of carboxylic acid groups (broad SMARTS) is 2. The molecule has 6 nitrogen and oxygen atoms in total. The van der Waals surface area contributed by atoms with Gasteiger partial charge in [-0.1, -0.05) is 46.0 Å². The molecule has 0 saturated carbocycles. The first-order valence-corrected chi connectivity index (χ1v) is 9.66. The summed E-state index contributed by atoms with van der Waals surface area (Å²) in [7, 11) is 0. The zero-order valence-electron chi connectivity index (χ0n) is 16.0. The average Bonchev–Trinajstić information content (AvgIpc) is 2.53. The van der Waals surface area contributed by atoms with E-state index >= 15 is 0 Å². The zero-order valence-corrected chi connectivity index (χ0v) is 16.0. The van der Waals surface area contributed by atoms with Gasteiger partial charge in [-0.15, -0.1) is 0 Å². The third kappa shape index (κ3) is 17.5. The molecule has 0 aromatic heterocycles. The van der Waals surface area contributed by atoms with Crippen LogP contribution in [0.4, 0.5) is 0 Å². The number of carbonyl (C=O) groups is 2. The fraction of sp³-hybridized carbons (Fsp3) is 0.895. The molecule has 0 radical (unpaired) electrons. The lowest BCUT2D eigenvalue weighted by atomic mass is 10.0. The minimum atomic E-state index is -0.882. The van der Waals surface area contributed by atoms with Gasteiger partial charge in [-0.2, -0.15) is 0 Å². The molecule has 0 aromatic carbocycles. The summed E-state index contributed by atoms with van der Waals surface area (Å²) in [6, 6.07) is 0. The van der Waals surface area contributed by atoms with Gasteiger partial charge in [-0.05, 0) is 25.2 Å². The maximum absolute atomic E-state index is 11.2. The van der Waals surface area contributed by atoms with Gasteiger partial charge in [0.05, 0.1) is 12.3 Å². The van der Waals surface area contributed by atoms with Crippen molar-refractivity contribution in [2.75, 3.05) is 26.3 Å². The molecule has 3 N–H and O–H groups in total. The predicted octanol–water partition coefficient (Wildman–Crippen LogP) is 3.54. The Morgan fingerprint density at radius 2 is 1.56 bits per heavy atom. The molecule has 1 unspecified atom stereocenters. The quantitative estimate of drug-likeness (QED) is 0.324. The monoisotopic (exact) mass is 359 g/mol. The van der Waals surface area contributed by atoms with Crippen LogP contribution < -0.4 is 5.32 Å². The van der Waals surface area contributed by atoms with Gasteiger partial charge in [0.2, 0.25) is 0 Å². The van der Waals surface area contributed by atoms with E-state index in [0.29, 0.717) is 32.5 Å². The van der Waals surface area contributed by atoms with Crippen molar-refractivity contribution in [3.63, 3.8) is 0 Å². The summed E-state index contributed by atoms with van der Waals surface area (Å²) in [6.45, 7) is 6.46. The van der Waals surface area contributed by atoms with Crippen LogP contribution in [-0.4, -0.2) is 48.5 Å². The number of hydrogen-bond donors (Lipinski definition) is 3. The highest BCUT2D eigenvalue weighted by atomic mass is 16.5. The van der Waals surface area contributed by atoms with Crippen LogP contribution in [0, 0.1) is 11.8 Å². The van der Waals surface area contributed by atoms with E-state index in [9.17, 15) is 9.59 Å².